The number of carbonyl (C=O) groups excluding carboxylic acids is 2. The van der Waals surface area contributed by atoms with Crippen molar-refractivity contribution in [3.63, 3.8) is 0 Å². The maximum Gasteiger partial charge on any atom is 0.241 e. The average molecular weight is 370 g/mol. The normalized spacial score (nSPS) is 18.9. The Balaban J connectivity index is 1.23. The number of pyridine rings is 1. The lowest BCUT2D eigenvalue weighted by Gasteiger charge is -2.30. The Morgan fingerprint density at radius 2 is 1.85 bits per heavy atom. The molecule has 144 valence electrons. The molecular weight excluding hydrogens is 344 g/mol. The summed E-state index contributed by atoms with van der Waals surface area (Å²) >= 11 is 0. The van der Waals surface area contributed by atoms with E-state index in [2.05, 4.69) is 24.8 Å². The van der Waals surface area contributed by atoms with Crippen LogP contribution in [0.25, 0.3) is 5.65 Å². The number of piperidine rings is 1. The summed E-state index contributed by atoms with van der Waals surface area (Å²) in [6.07, 6.45) is 6.04. The van der Waals surface area contributed by atoms with Crippen LogP contribution in [0.3, 0.4) is 0 Å². The molecule has 2 aliphatic rings. The summed E-state index contributed by atoms with van der Waals surface area (Å²) in [7, 11) is 0. The second-order valence-electron chi connectivity index (χ2n) is 7.40. The van der Waals surface area contributed by atoms with Crippen LogP contribution in [-0.4, -0.2) is 75.5 Å². The smallest absolute Gasteiger partial charge is 0.241 e. The second-order valence-corrected chi connectivity index (χ2v) is 7.40. The van der Waals surface area contributed by atoms with Crippen LogP contribution in [0.1, 0.15) is 37.4 Å². The number of carbonyl (C=O) groups is 2. The highest BCUT2D eigenvalue weighted by Crippen LogP contribution is 2.26. The number of hydrogen-bond acceptors (Lipinski definition) is 5. The Morgan fingerprint density at radius 3 is 2.63 bits per heavy atom. The summed E-state index contributed by atoms with van der Waals surface area (Å²) < 4.78 is 2.05. The number of amides is 2. The maximum absolute atomic E-state index is 12.2. The van der Waals surface area contributed by atoms with E-state index >= 15 is 0 Å². The zero-order valence-corrected chi connectivity index (χ0v) is 15.5. The van der Waals surface area contributed by atoms with Crippen molar-refractivity contribution in [2.24, 2.45) is 0 Å². The molecule has 0 radical (unpaired) electrons. The predicted molar refractivity (Wildman–Crippen MR) is 100 cm³/mol. The van der Waals surface area contributed by atoms with Gasteiger partial charge in [-0.15, -0.1) is 10.2 Å². The average Bonchev–Trinajstić information content (AvgIpc) is 3.37. The third-order valence-corrected chi connectivity index (χ3v) is 5.56. The topological polar surface area (TPSA) is 82.8 Å². The minimum Gasteiger partial charge on any atom is -0.346 e. The molecule has 0 spiro atoms. The SMILES string of the molecule is O=C(CN1CCC(c2nnc3ccccn23)CC1)NCC(=O)N1CCCC1. The summed E-state index contributed by atoms with van der Waals surface area (Å²) in [5.41, 5.74) is 0.872. The van der Waals surface area contributed by atoms with Crippen LogP contribution in [0.15, 0.2) is 24.4 Å². The number of nitrogens with one attached hydrogen (secondary N) is 1. The van der Waals surface area contributed by atoms with Crippen LogP contribution >= 0.6 is 0 Å². The minimum atomic E-state index is -0.0751. The van der Waals surface area contributed by atoms with Gasteiger partial charge in [-0.05, 0) is 50.9 Å². The molecule has 2 aromatic rings. The number of hydrogen-bond donors (Lipinski definition) is 1. The van der Waals surface area contributed by atoms with E-state index in [0.29, 0.717) is 12.5 Å². The molecule has 0 atom stereocenters. The Bertz CT molecular complexity index is 805. The summed E-state index contributed by atoms with van der Waals surface area (Å²) in [5, 5.41) is 11.4. The number of nitrogens with zero attached hydrogens (tertiary/aromatic N) is 5. The first-order valence-electron chi connectivity index (χ1n) is 9.77. The van der Waals surface area contributed by atoms with Crippen LogP contribution in [0.2, 0.25) is 0 Å². The molecule has 2 saturated heterocycles. The predicted octanol–water partition coefficient (Wildman–Crippen LogP) is 0.647. The molecular formula is C19H26N6O2. The molecule has 0 unspecified atom stereocenters. The van der Waals surface area contributed by atoms with Crippen LogP contribution in [0.4, 0.5) is 0 Å². The van der Waals surface area contributed by atoms with E-state index in [1.165, 1.54) is 0 Å². The zero-order valence-electron chi connectivity index (χ0n) is 15.5. The van der Waals surface area contributed by atoms with Gasteiger partial charge in [0.25, 0.3) is 0 Å². The molecule has 0 aromatic carbocycles. The van der Waals surface area contributed by atoms with Gasteiger partial charge in [0, 0.05) is 25.2 Å². The third kappa shape index (κ3) is 4.10. The summed E-state index contributed by atoms with van der Waals surface area (Å²) in [6, 6.07) is 5.91. The molecule has 0 bridgehead atoms. The molecule has 4 heterocycles. The quantitative estimate of drug-likeness (QED) is 0.836. The molecule has 2 fully saturated rings. The van der Waals surface area contributed by atoms with Crippen molar-refractivity contribution in [2.75, 3.05) is 39.3 Å². The summed E-state index contributed by atoms with van der Waals surface area (Å²) in [5.74, 6) is 1.32. The lowest BCUT2D eigenvalue weighted by Crippen LogP contribution is -2.44. The van der Waals surface area contributed by atoms with Crippen LogP contribution in [0.5, 0.6) is 0 Å². The fourth-order valence-electron chi connectivity index (χ4n) is 4.00. The molecule has 4 rings (SSSR count). The van der Waals surface area contributed by atoms with E-state index in [1.54, 1.807) is 0 Å². The van der Waals surface area contributed by atoms with E-state index in [4.69, 9.17) is 0 Å². The van der Waals surface area contributed by atoms with Gasteiger partial charge in [0.15, 0.2) is 5.65 Å². The maximum atomic E-state index is 12.2. The van der Waals surface area contributed by atoms with Gasteiger partial charge in [-0.25, -0.2) is 0 Å². The molecule has 8 heteroatoms. The lowest BCUT2D eigenvalue weighted by molar-refractivity contribution is -0.132. The van der Waals surface area contributed by atoms with Gasteiger partial charge in [-0.1, -0.05) is 6.07 Å². The van der Waals surface area contributed by atoms with E-state index < -0.39 is 0 Å². The third-order valence-electron chi connectivity index (χ3n) is 5.56. The number of rotatable bonds is 5. The number of fused-ring (bicyclic) bond motifs is 1. The fourth-order valence-corrected chi connectivity index (χ4v) is 4.00. The first-order chi connectivity index (χ1) is 13.2. The molecule has 27 heavy (non-hydrogen) atoms. The van der Waals surface area contributed by atoms with Crippen LogP contribution in [0, 0.1) is 0 Å². The van der Waals surface area contributed by atoms with E-state index in [9.17, 15) is 9.59 Å². The highest BCUT2D eigenvalue weighted by molar-refractivity contribution is 5.85. The van der Waals surface area contributed by atoms with Crippen molar-refractivity contribution in [3.05, 3.63) is 30.2 Å². The minimum absolute atomic E-state index is 0.0262. The molecule has 2 aliphatic heterocycles. The van der Waals surface area contributed by atoms with Gasteiger partial charge < -0.3 is 10.2 Å². The molecule has 1 N–H and O–H groups in total. The lowest BCUT2D eigenvalue weighted by atomic mass is 9.96. The Kier molecular flexibility index (Phi) is 5.33. The molecule has 0 aliphatic carbocycles. The van der Waals surface area contributed by atoms with Crippen molar-refractivity contribution in [1.29, 1.82) is 0 Å². The summed E-state index contributed by atoms with van der Waals surface area (Å²) in [4.78, 5) is 28.1. The van der Waals surface area contributed by atoms with E-state index in [-0.39, 0.29) is 18.4 Å². The van der Waals surface area contributed by atoms with Gasteiger partial charge in [-0.2, -0.15) is 0 Å². The van der Waals surface area contributed by atoms with Crippen molar-refractivity contribution in [2.45, 2.75) is 31.6 Å². The van der Waals surface area contributed by atoms with Gasteiger partial charge >= 0.3 is 0 Å². The largest absolute Gasteiger partial charge is 0.346 e. The van der Waals surface area contributed by atoms with Crippen molar-refractivity contribution in [1.82, 2.24) is 29.7 Å². The van der Waals surface area contributed by atoms with Gasteiger partial charge in [-0.3, -0.25) is 18.9 Å². The van der Waals surface area contributed by atoms with Gasteiger partial charge in [0.1, 0.15) is 5.82 Å². The molecule has 8 nitrogen and oxygen atoms in total. The molecule has 2 aromatic heterocycles. The highest BCUT2D eigenvalue weighted by atomic mass is 16.2. The van der Waals surface area contributed by atoms with E-state index in [0.717, 1.165) is 63.3 Å². The van der Waals surface area contributed by atoms with Crippen molar-refractivity contribution in [3.8, 4) is 0 Å². The highest BCUT2D eigenvalue weighted by Gasteiger charge is 2.25. The van der Waals surface area contributed by atoms with Crippen LogP contribution < -0.4 is 5.32 Å². The zero-order chi connectivity index (χ0) is 18.6. The Hall–Kier alpha value is -2.48. The first kappa shape index (κ1) is 17.9. The molecule has 0 saturated carbocycles. The van der Waals surface area contributed by atoms with Gasteiger partial charge in [0.2, 0.25) is 11.8 Å². The summed E-state index contributed by atoms with van der Waals surface area (Å²) in [6.45, 7) is 3.79. The monoisotopic (exact) mass is 370 g/mol. The van der Waals surface area contributed by atoms with E-state index in [1.807, 2.05) is 29.3 Å². The van der Waals surface area contributed by atoms with Crippen molar-refractivity contribution >= 4 is 17.5 Å². The van der Waals surface area contributed by atoms with Crippen LogP contribution in [-0.2, 0) is 9.59 Å². The fraction of sp³-hybridized carbons (Fsp3) is 0.579. The first-order valence-corrected chi connectivity index (χ1v) is 9.77. The standard InChI is InChI=1S/C19H26N6O2/c26-17(20-13-18(27)24-8-3-4-9-24)14-23-11-6-15(7-12-23)19-22-21-16-5-1-2-10-25(16)19/h1-2,5,10,15H,3-4,6-9,11-14H2,(H,20,26). The molecule has 2 amide bonds. The Morgan fingerprint density at radius 1 is 1.07 bits per heavy atom. The van der Waals surface area contributed by atoms with Gasteiger partial charge in [0.05, 0.1) is 13.1 Å². The second kappa shape index (κ2) is 8.04. The number of aromatic nitrogens is 3. The van der Waals surface area contributed by atoms with Crippen molar-refractivity contribution < 1.29 is 9.59 Å². The Labute approximate surface area is 158 Å². The number of likely N-dealkylation sites (tertiary alicyclic amines) is 2.